The summed E-state index contributed by atoms with van der Waals surface area (Å²) in [6, 6.07) is 9.88. The highest BCUT2D eigenvalue weighted by Crippen LogP contribution is 2.24. The van der Waals surface area contributed by atoms with E-state index in [1.165, 1.54) is 0 Å². The monoisotopic (exact) mass is 247 g/mol. The first-order valence-electron chi connectivity index (χ1n) is 5.99. The van der Waals surface area contributed by atoms with Gasteiger partial charge in [0, 0.05) is 31.8 Å². The Bertz CT molecular complexity index is 493. The van der Waals surface area contributed by atoms with E-state index in [1.54, 1.807) is 7.11 Å². The number of aliphatic hydroxyl groups excluding tert-OH is 1. The maximum absolute atomic E-state index is 8.79. The molecule has 4 nitrogen and oxygen atoms in total. The van der Waals surface area contributed by atoms with Gasteiger partial charge in [0.2, 0.25) is 0 Å². The fraction of sp³-hybridized carbons (Fsp3) is 0.357. The van der Waals surface area contributed by atoms with Crippen molar-refractivity contribution in [2.24, 2.45) is 0 Å². The molecule has 0 saturated heterocycles. The molecule has 0 atom stereocenters. The largest absolute Gasteiger partial charge is 0.396 e. The summed E-state index contributed by atoms with van der Waals surface area (Å²) in [5.74, 6) is 0.797. The number of rotatable bonds is 6. The maximum atomic E-state index is 8.79. The average molecular weight is 247 g/mol. The van der Waals surface area contributed by atoms with Gasteiger partial charge in [-0.05, 0) is 12.0 Å². The van der Waals surface area contributed by atoms with Crippen molar-refractivity contribution in [2.75, 3.05) is 13.7 Å². The number of aliphatic hydroxyl groups is 1. The molecule has 0 spiro atoms. The molecule has 0 bridgehead atoms. The lowest BCUT2D eigenvalue weighted by Crippen LogP contribution is -1.91. The molecule has 0 radical (unpaired) electrons. The molecule has 1 heterocycles. The molecule has 2 aromatic rings. The first-order valence-corrected chi connectivity index (χ1v) is 5.99. The number of hydrogen-bond acceptors (Lipinski definition) is 4. The molecule has 0 aliphatic heterocycles. The van der Waals surface area contributed by atoms with Gasteiger partial charge in [-0.25, -0.2) is 0 Å². The standard InChI is InChI=1S/C14H17NO3/c1-17-10-11-5-2-3-7-13(11)14-9-12(18-15-14)6-4-8-16/h2-3,5,7,9,16H,4,6,8,10H2,1H3. The smallest absolute Gasteiger partial charge is 0.137 e. The van der Waals surface area contributed by atoms with Crippen molar-refractivity contribution in [2.45, 2.75) is 19.4 Å². The molecule has 0 aliphatic rings. The van der Waals surface area contributed by atoms with Gasteiger partial charge in [0.1, 0.15) is 11.5 Å². The van der Waals surface area contributed by atoms with E-state index in [-0.39, 0.29) is 6.61 Å². The Labute approximate surface area is 106 Å². The van der Waals surface area contributed by atoms with Gasteiger partial charge in [-0.3, -0.25) is 0 Å². The van der Waals surface area contributed by atoms with E-state index in [0.29, 0.717) is 19.4 Å². The first kappa shape index (κ1) is 12.8. The molecule has 1 aromatic heterocycles. The van der Waals surface area contributed by atoms with Crippen LogP contribution in [0.3, 0.4) is 0 Å². The van der Waals surface area contributed by atoms with E-state index in [4.69, 9.17) is 14.4 Å². The van der Waals surface area contributed by atoms with Crippen molar-refractivity contribution >= 4 is 0 Å². The summed E-state index contributed by atoms with van der Waals surface area (Å²) in [6.45, 7) is 0.714. The Morgan fingerprint density at radius 1 is 1.33 bits per heavy atom. The van der Waals surface area contributed by atoms with E-state index < -0.39 is 0 Å². The molecule has 4 heteroatoms. The highest BCUT2D eigenvalue weighted by molar-refractivity contribution is 5.63. The molecule has 18 heavy (non-hydrogen) atoms. The first-order chi connectivity index (χ1) is 8.85. The normalized spacial score (nSPS) is 10.8. The van der Waals surface area contributed by atoms with Gasteiger partial charge in [-0.2, -0.15) is 0 Å². The van der Waals surface area contributed by atoms with Crippen LogP contribution < -0.4 is 0 Å². The molecule has 0 aliphatic carbocycles. The highest BCUT2D eigenvalue weighted by atomic mass is 16.5. The summed E-state index contributed by atoms with van der Waals surface area (Å²) < 4.78 is 10.4. The fourth-order valence-corrected chi connectivity index (χ4v) is 1.86. The molecule has 1 N–H and O–H groups in total. The predicted octanol–water partition coefficient (Wildman–Crippen LogP) is 2.41. The number of aryl methyl sites for hydroxylation is 1. The van der Waals surface area contributed by atoms with Gasteiger partial charge in [-0.15, -0.1) is 0 Å². The predicted molar refractivity (Wildman–Crippen MR) is 68.1 cm³/mol. The molecular weight excluding hydrogens is 230 g/mol. The van der Waals surface area contributed by atoms with Gasteiger partial charge >= 0.3 is 0 Å². The number of methoxy groups -OCH3 is 1. The minimum Gasteiger partial charge on any atom is -0.396 e. The van der Waals surface area contributed by atoms with Gasteiger partial charge in [0.25, 0.3) is 0 Å². The summed E-state index contributed by atoms with van der Waals surface area (Å²) in [6.07, 6.45) is 1.39. The second-order valence-corrected chi connectivity index (χ2v) is 4.10. The Balaban J connectivity index is 2.22. The van der Waals surface area contributed by atoms with E-state index in [9.17, 15) is 0 Å². The molecule has 0 fully saturated rings. The second-order valence-electron chi connectivity index (χ2n) is 4.10. The van der Waals surface area contributed by atoms with Crippen LogP contribution in [0.1, 0.15) is 17.7 Å². The maximum Gasteiger partial charge on any atom is 0.137 e. The van der Waals surface area contributed by atoms with Crippen molar-refractivity contribution < 1.29 is 14.4 Å². The van der Waals surface area contributed by atoms with Crippen LogP contribution in [0.5, 0.6) is 0 Å². The SMILES string of the molecule is COCc1ccccc1-c1cc(CCCO)on1. The summed E-state index contributed by atoms with van der Waals surface area (Å²) >= 11 is 0. The van der Waals surface area contributed by atoms with E-state index in [2.05, 4.69) is 5.16 Å². The van der Waals surface area contributed by atoms with Crippen LogP contribution in [0.25, 0.3) is 11.3 Å². The van der Waals surface area contributed by atoms with Crippen molar-refractivity contribution in [1.29, 1.82) is 0 Å². The lowest BCUT2D eigenvalue weighted by atomic mass is 10.0. The van der Waals surface area contributed by atoms with Crippen molar-refractivity contribution in [3.8, 4) is 11.3 Å². The lowest BCUT2D eigenvalue weighted by molar-refractivity contribution is 0.185. The Kier molecular flexibility index (Phi) is 4.50. The summed E-state index contributed by atoms with van der Waals surface area (Å²) in [7, 11) is 1.67. The number of benzene rings is 1. The van der Waals surface area contributed by atoms with Crippen LogP contribution in [-0.4, -0.2) is 24.0 Å². The molecule has 0 amide bonds. The molecule has 1 aromatic carbocycles. The van der Waals surface area contributed by atoms with Crippen molar-refractivity contribution in [1.82, 2.24) is 5.16 Å². The summed E-state index contributed by atoms with van der Waals surface area (Å²) in [5.41, 5.74) is 2.93. The quantitative estimate of drug-likeness (QED) is 0.851. The number of hydrogen-bond donors (Lipinski definition) is 1. The third-order valence-corrected chi connectivity index (χ3v) is 2.73. The zero-order valence-corrected chi connectivity index (χ0v) is 10.4. The summed E-state index contributed by atoms with van der Waals surface area (Å²) in [4.78, 5) is 0. The third-order valence-electron chi connectivity index (χ3n) is 2.73. The van der Waals surface area contributed by atoms with Crippen LogP contribution in [0.15, 0.2) is 34.9 Å². The lowest BCUT2D eigenvalue weighted by Gasteiger charge is -2.04. The van der Waals surface area contributed by atoms with Crippen LogP contribution in [-0.2, 0) is 17.8 Å². The van der Waals surface area contributed by atoms with Crippen LogP contribution >= 0.6 is 0 Å². The van der Waals surface area contributed by atoms with Gasteiger partial charge in [0.15, 0.2) is 0 Å². The zero-order chi connectivity index (χ0) is 12.8. The number of nitrogens with zero attached hydrogens (tertiary/aromatic N) is 1. The molecule has 0 saturated carbocycles. The fourth-order valence-electron chi connectivity index (χ4n) is 1.86. The van der Waals surface area contributed by atoms with Crippen molar-refractivity contribution in [3.05, 3.63) is 41.7 Å². The topological polar surface area (TPSA) is 55.5 Å². The number of aromatic nitrogens is 1. The van der Waals surface area contributed by atoms with E-state index >= 15 is 0 Å². The van der Waals surface area contributed by atoms with Crippen LogP contribution in [0.2, 0.25) is 0 Å². The molecular formula is C14H17NO3. The summed E-state index contributed by atoms with van der Waals surface area (Å²) in [5, 5.41) is 12.9. The Morgan fingerprint density at radius 2 is 2.17 bits per heavy atom. The van der Waals surface area contributed by atoms with E-state index in [1.807, 2.05) is 30.3 Å². The average Bonchev–Trinajstić information content (AvgIpc) is 2.86. The molecule has 0 unspecified atom stereocenters. The minimum atomic E-state index is 0.163. The van der Waals surface area contributed by atoms with Gasteiger partial charge in [-0.1, -0.05) is 29.4 Å². The Morgan fingerprint density at radius 3 is 2.94 bits per heavy atom. The van der Waals surface area contributed by atoms with Crippen molar-refractivity contribution in [3.63, 3.8) is 0 Å². The third kappa shape index (κ3) is 2.97. The minimum absolute atomic E-state index is 0.163. The highest BCUT2D eigenvalue weighted by Gasteiger charge is 2.10. The second kappa shape index (κ2) is 6.33. The van der Waals surface area contributed by atoms with Gasteiger partial charge < -0.3 is 14.4 Å². The van der Waals surface area contributed by atoms with Gasteiger partial charge in [0.05, 0.1) is 6.61 Å². The molecule has 96 valence electrons. The Hall–Kier alpha value is -1.65. The van der Waals surface area contributed by atoms with E-state index in [0.717, 1.165) is 22.6 Å². The number of ether oxygens (including phenoxy) is 1. The van der Waals surface area contributed by atoms with Crippen LogP contribution in [0, 0.1) is 0 Å². The zero-order valence-electron chi connectivity index (χ0n) is 10.4. The molecule has 2 rings (SSSR count). The van der Waals surface area contributed by atoms with Crippen LogP contribution in [0.4, 0.5) is 0 Å².